The van der Waals surface area contributed by atoms with Crippen LogP contribution in [0.3, 0.4) is 0 Å². The van der Waals surface area contributed by atoms with E-state index < -0.39 is 15.8 Å². The Bertz CT molecular complexity index is 605. The summed E-state index contributed by atoms with van der Waals surface area (Å²) in [6.45, 7) is 1.53. The lowest BCUT2D eigenvalue weighted by Crippen LogP contribution is -2.40. The van der Waals surface area contributed by atoms with E-state index in [1.807, 2.05) is 0 Å². The minimum atomic E-state index is -3.85. The van der Waals surface area contributed by atoms with Crippen molar-refractivity contribution < 1.29 is 17.6 Å². The summed E-state index contributed by atoms with van der Waals surface area (Å²) in [6.07, 6.45) is 0. The highest BCUT2D eigenvalue weighted by Crippen LogP contribution is 2.25. The molecule has 1 aromatic carbocycles. The largest absolute Gasteiger partial charge is 0.348 e. The average Bonchev–Trinajstić information content (AvgIpc) is 2.34. The minimum absolute atomic E-state index is 0.0627. The highest BCUT2D eigenvalue weighted by atomic mass is 79.9. The summed E-state index contributed by atoms with van der Waals surface area (Å²) in [5.74, 6) is -0.864. The first-order valence-electron chi connectivity index (χ1n) is 5.85. The van der Waals surface area contributed by atoms with Crippen LogP contribution in [0.1, 0.15) is 6.92 Å². The van der Waals surface area contributed by atoms with Gasteiger partial charge in [-0.3, -0.25) is 4.79 Å². The van der Waals surface area contributed by atoms with Crippen LogP contribution in [0, 0.1) is 5.82 Å². The molecule has 0 aliphatic carbocycles. The molecule has 5 nitrogen and oxygen atoms in total. The van der Waals surface area contributed by atoms with Gasteiger partial charge in [-0.05, 0) is 34.1 Å². The molecular formula is C12H16BrFN2O3S. The van der Waals surface area contributed by atoms with Crippen molar-refractivity contribution in [2.75, 3.05) is 27.2 Å². The van der Waals surface area contributed by atoms with E-state index in [0.29, 0.717) is 0 Å². The molecule has 1 aromatic rings. The molecule has 0 aromatic heterocycles. The van der Waals surface area contributed by atoms with Crippen LogP contribution in [-0.2, 0) is 14.8 Å². The Morgan fingerprint density at radius 2 is 1.95 bits per heavy atom. The molecule has 0 saturated carbocycles. The summed E-state index contributed by atoms with van der Waals surface area (Å²) < 4.78 is 39.1. The quantitative estimate of drug-likeness (QED) is 0.796. The lowest BCUT2D eigenvalue weighted by molar-refractivity contribution is -0.128. The van der Waals surface area contributed by atoms with Gasteiger partial charge in [-0.2, -0.15) is 4.31 Å². The van der Waals surface area contributed by atoms with E-state index in [1.54, 1.807) is 21.0 Å². The van der Waals surface area contributed by atoms with Gasteiger partial charge in [0.2, 0.25) is 15.9 Å². The van der Waals surface area contributed by atoms with Gasteiger partial charge in [0.1, 0.15) is 5.82 Å². The number of hydrogen-bond donors (Lipinski definition) is 0. The first-order chi connectivity index (χ1) is 9.20. The van der Waals surface area contributed by atoms with Crippen molar-refractivity contribution in [1.29, 1.82) is 0 Å². The number of sulfonamides is 1. The van der Waals surface area contributed by atoms with Gasteiger partial charge in [0.05, 0.1) is 11.4 Å². The van der Waals surface area contributed by atoms with Gasteiger partial charge in [0.15, 0.2) is 0 Å². The van der Waals surface area contributed by atoms with Crippen LogP contribution in [0.4, 0.5) is 4.39 Å². The second-order valence-corrected chi connectivity index (χ2v) is 7.05. The van der Waals surface area contributed by atoms with Crippen LogP contribution >= 0.6 is 15.9 Å². The topological polar surface area (TPSA) is 57.7 Å². The van der Waals surface area contributed by atoms with E-state index in [9.17, 15) is 17.6 Å². The molecule has 0 atom stereocenters. The number of hydrogen-bond acceptors (Lipinski definition) is 3. The fourth-order valence-corrected chi connectivity index (χ4v) is 3.89. The number of amides is 1. The molecule has 0 heterocycles. The van der Waals surface area contributed by atoms with Crippen molar-refractivity contribution in [1.82, 2.24) is 9.21 Å². The lowest BCUT2D eigenvalue weighted by atomic mass is 10.3. The number of carbonyl (C=O) groups is 1. The van der Waals surface area contributed by atoms with E-state index in [2.05, 4.69) is 15.9 Å². The summed E-state index contributed by atoms with van der Waals surface area (Å²) in [4.78, 5) is 12.9. The number of carbonyl (C=O) groups excluding carboxylic acids is 1. The zero-order valence-electron chi connectivity index (χ0n) is 11.4. The molecular weight excluding hydrogens is 351 g/mol. The highest BCUT2D eigenvalue weighted by Gasteiger charge is 2.27. The van der Waals surface area contributed by atoms with E-state index in [-0.39, 0.29) is 28.4 Å². The van der Waals surface area contributed by atoms with E-state index >= 15 is 0 Å². The van der Waals surface area contributed by atoms with Crippen molar-refractivity contribution in [2.45, 2.75) is 11.8 Å². The third-order valence-corrected chi connectivity index (χ3v) is 5.57. The molecule has 0 fully saturated rings. The maximum atomic E-state index is 13.0. The predicted octanol–water partition coefficient (Wildman–Crippen LogP) is 1.69. The maximum absolute atomic E-state index is 13.0. The van der Waals surface area contributed by atoms with Crippen molar-refractivity contribution >= 4 is 31.9 Å². The van der Waals surface area contributed by atoms with Crippen LogP contribution in [0.15, 0.2) is 27.6 Å². The number of benzene rings is 1. The second kappa shape index (κ2) is 6.64. The zero-order chi connectivity index (χ0) is 15.5. The Labute approximate surface area is 126 Å². The van der Waals surface area contributed by atoms with Gasteiger partial charge in [0, 0.05) is 25.1 Å². The van der Waals surface area contributed by atoms with Crippen molar-refractivity contribution in [3.05, 3.63) is 28.5 Å². The highest BCUT2D eigenvalue weighted by molar-refractivity contribution is 9.10. The molecule has 1 rings (SSSR count). The van der Waals surface area contributed by atoms with Gasteiger partial charge < -0.3 is 4.90 Å². The summed E-state index contributed by atoms with van der Waals surface area (Å²) >= 11 is 3.03. The number of halogens is 2. The van der Waals surface area contributed by atoms with Crippen molar-refractivity contribution in [3.8, 4) is 0 Å². The number of likely N-dealkylation sites (N-methyl/N-ethyl adjacent to an activating group) is 2. The molecule has 0 N–H and O–H groups in total. The second-order valence-electron chi connectivity index (χ2n) is 4.29. The summed E-state index contributed by atoms with van der Waals surface area (Å²) in [5, 5.41) is 0. The van der Waals surface area contributed by atoms with E-state index in [1.165, 1.54) is 11.0 Å². The van der Waals surface area contributed by atoms with Gasteiger partial charge in [-0.15, -0.1) is 0 Å². The average molecular weight is 367 g/mol. The van der Waals surface area contributed by atoms with Gasteiger partial charge in [0.25, 0.3) is 0 Å². The maximum Gasteiger partial charge on any atom is 0.244 e. The molecule has 0 aliphatic heterocycles. The first kappa shape index (κ1) is 17.1. The minimum Gasteiger partial charge on any atom is -0.348 e. The van der Waals surface area contributed by atoms with Crippen LogP contribution in [0.5, 0.6) is 0 Å². The predicted molar refractivity (Wildman–Crippen MR) is 77.2 cm³/mol. The van der Waals surface area contributed by atoms with Crippen LogP contribution < -0.4 is 0 Å². The van der Waals surface area contributed by atoms with E-state index in [0.717, 1.165) is 16.4 Å². The third-order valence-electron chi connectivity index (χ3n) is 2.67. The van der Waals surface area contributed by atoms with Gasteiger partial charge in [-0.25, -0.2) is 12.8 Å². The monoisotopic (exact) mass is 366 g/mol. The molecule has 0 aliphatic rings. The Hall–Kier alpha value is -0.990. The SMILES string of the molecule is CCN(CC(=O)N(C)C)S(=O)(=O)c1ccc(F)cc1Br. The fraction of sp³-hybridized carbons (Fsp3) is 0.417. The molecule has 0 saturated heterocycles. The summed E-state index contributed by atoms with van der Waals surface area (Å²) in [6, 6.07) is 3.32. The fourth-order valence-electron chi connectivity index (χ4n) is 1.48. The molecule has 8 heteroatoms. The standard InChI is InChI=1S/C12H16BrFN2O3S/c1-4-16(8-12(17)15(2)3)20(18,19)11-6-5-9(14)7-10(11)13/h5-7H,4,8H2,1-3H3. The smallest absolute Gasteiger partial charge is 0.244 e. The molecule has 1 amide bonds. The molecule has 112 valence electrons. The van der Waals surface area contributed by atoms with Gasteiger partial charge >= 0.3 is 0 Å². The normalized spacial score (nSPS) is 11.7. The molecule has 0 spiro atoms. The third kappa shape index (κ3) is 3.77. The molecule has 20 heavy (non-hydrogen) atoms. The molecule has 0 radical (unpaired) electrons. The van der Waals surface area contributed by atoms with Crippen molar-refractivity contribution in [3.63, 3.8) is 0 Å². The van der Waals surface area contributed by atoms with Crippen LogP contribution in [-0.4, -0.2) is 50.7 Å². The molecule has 0 bridgehead atoms. The number of rotatable bonds is 5. The Morgan fingerprint density at radius 1 is 1.35 bits per heavy atom. The Kier molecular flexibility index (Phi) is 5.67. The first-order valence-corrected chi connectivity index (χ1v) is 8.08. The van der Waals surface area contributed by atoms with E-state index in [4.69, 9.17) is 0 Å². The van der Waals surface area contributed by atoms with Crippen LogP contribution in [0.2, 0.25) is 0 Å². The lowest BCUT2D eigenvalue weighted by Gasteiger charge is -2.22. The zero-order valence-corrected chi connectivity index (χ0v) is 13.8. The Balaban J connectivity index is 3.15. The van der Waals surface area contributed by atoms with Crippen molar-refractivity contribution in [2.24, 2.45) is 0 Å². The number of nitrogens with zero attached hydrogens (tertiary/aromatic N) is 2. The summed E-state index contributed by atoms with van der Waals surface area (Å²) in [7, 11) is -0.750. The van der Waals surface area contributed by atoms with Crippen LogP contribution in [0.25, 0.3) is 0 Å². The Morgan fingerprint density at radius 3 is 2.40 bits per heavy atom. The summed E-state index contributed by atoms with van der Waals surface area (Å²) in [5.41, 5.74) is 0. The van der Waals surface area contributed by atoms with Gasteiger partial charge in [-0.1, -0.05) is 6.92 Å². The molecule has 0 unspecified atom stereocenters.